The van der Waals surface area contributed by atoms with Crippen LogP contribution in [-0.2, 0) is 5.41 Å². The van der Waals surface area contributed by atoms with Gasteiger partial charge in [-0.15, -0.1) is 0 Å². The Morgan fingerprint density at radius 3 is 2.90 bits per heavy atom. The third-order valence-electron chi connectivity index (χ3n) is 4.43. The van der Waals surface area contributed by atoms with Crippen molar-refractivity contribution in [2.75, 3.05) is 26.3 Å². The largest absolute Gasteiger partial charge is 0.492 e. The molecule has 3 rings (SSSR count). The summed E-state index contributed by atoms with van der Waals surface area (Å²) in [6.07, 6.45) is 0.177. The van der Waals surface area contributed by atoms with Gasteiger partial charge in [-0.1, -0.05) is 26.0 Å². The van der Waals surface area contributed by atoms with Crippen molar-refractivity contribution in [2.24, 2.45) is 0 Å². The second kappa shape index (κ2) is 4.70. The number of para-hydroxylation sites is 1. The molecule has 0 saturated carbocycles. The lowest BCUT2D eigenvalue weighted by molar-refractivity contribution is 0.0629. The van der Waals surface area contributed by atoms with Gasteiger partial charge in [0.05, 0.1) is 25.3 Å². The van der Waals surface area contributed by atoms with E-state index in [0.29, 0.717) is 24.5 Å². The highest BCUT2D eigenvalue weighted by molar-refractivity contribution is 5.98. The minimum Gasteiger partial charge on any atom is -0.492 e. The number of ether oxygens (including phenoxy) is 1. The number of amides is 1. The molecule has 0 radical (unpaired) electrons. The smallest absolute Gasteiger partial charge is 0.257 e. The van der Waals surface area contributed by atoms with Gasteiger partial charge in [0.25, 0.3) is 5.91 Å². The molecule has 0 bridgehead atoms. The van der Waals surface area contributed by atoms with Crippen LogP contribution in [0, 0.1) is 0 Å². The number of nitrogens with zero attached hydrogens (tertiary/aromatic N) is 1. The molecule has 2 aliphatic heterocycles. The monoisotopic (exact) mass is 293 g/mol. The van der Waals surface area contributed by atoms with Crippen LogP contribution in [0.15, 0.2) is 18.2 Å². The molecule has 1 atom stereocenters. The summed E-state index contributed by atoms with van der Waals surface area (Å²) < 4.78 is 19.8. The molecule has 114 valence electrons. The highest BCUT2D eigenvalue weighted by Crippen LogP contribution is 2.41. The normalized spacial score (nSPS) is 26.6. The van der Waals surface area contributed by atoms with Crippen LogP contribution in [0.5, 0.6) is 5.75 Å². The fourth-order valence-corrected chi connectivity index (χ4v) is 3.03. The number of aliphatic hydroxyl groups excluding tert-OH is 1. The topological polar surface area (TPSA) is 49.8 Å². The van der Waals surface area contributed by atoms with E-state index in [4.69, 9.17) is 9.84 Å². The zero-order valence-corrected chi connectivity index (χ0v) is 12.4. The molecule has 1 aromatic carbocycles. The van der Waals surface area contributed by atoms with E-state index in [1.165, 1.54) is 4.90 Å². The van der Waals surface area contributed by atoms with Gasteiger partial charge < -0.3 is 14.7 Å². The molecule has 4 nitrogen and oxygen atoms in total. The van der Waals surface area contributed by atoms with Crippen molar-refractivity contribution in [1.82, 2.24) is 4.90 Å². The van der Waals surface area contributed by atoms with Gasteiger partial charge in [-0.3, -0.25) is 4.79 Å². The quantitative estimate of drug-likeness (QED) is 0.906. The maximum Gasteiger partial charge on any atom is 0.257 e. The van der Waals surface area contributed by atoms with Gasteiger partial charge >= 0.3 is 0 Å². The van der Waals surface area contributed by atoms with Crippen molar-refractivity contribution in [1.29, 1.82) is 0 Å². The summed E-state index contributed by atoms with van der Waals surface area (Å²) in [5.74, 6) is 0.394. The van der Waals surface area contributed by atoms with Crippen LogP contribution in [0.4, 0.5) is 4.39 Å². The molecule has 21 heavy (non-hydrogen) atoms. The Hall–Kier alpha value is -1.62. The van der Waals surface area contributed by atoms with Gasteiger partial charge in [0, 0.05) is 23.9 Å². The molecule has 1 unspecified atom stereocenters. The molecule has 0 aromatic heterocycles. The van der Waals surface area contributed by atoms with Gasteiger partial charge in [0.2, 0.25) is 0 Å². The van der Waals surface area contributed by atoms with Crippen LogP contribution in [0.1, 0.15) is 36.2 Å². The number of alkyl halides is 1. The van der Waals surface area contributed by atoms with Gasteiger partial charge in [0.15, 0.2) is 5.67 Å². The fraction of sp³-hybridized carbons (Fsp3) is 0.562. The Bertz CT molecular complexity index is 587. The Balaban J connectivity index is 1.89. The highest BCUT2D eigenvalue weighted by Gasteiger charge is 2.42. The predicted octanol–water partition coefficient (Wildman–Crippen LogP) is 1.90. The number of hydrogen-bond acceptors (Lipinski definition) is 3. The first kappa shape index (κ1) is 14.3. The summed E-state index contributed by atoms with van der Waals surface area (Å²) in [5, 5.41) is 9.08. The molecule has 1 amide bonds. The molecular formula is C16H20FNO3. The first-order valence-corrected chi connectivity index (χ1v) is 7.22. The molecule has 0 aliphatic carbocycles. The van der Waals surface area contributed by atoms with Crippen LogP contribution in [0.25, 0.3) is 0 Å². The second-order valence-corrected chi connectivity index (χ2v) is 6.64. The molecular weight excluding hydrogens is 273 g/mol. The summed E-state index contributed by atoms with van der Waals surface area (Å²) in [6, 6.07) is 5.53. The number of likely N-dealkylation sites (tertiary alicyclic amines) is 1. The maximum atomic E-state index is 14.1. The van der Waals surface area contributed by atoms with Gasteiger partial charge in [-0.25, -0.2) is 4.39 Å². The molecule has 2 aliphatic rings. The lowest BCUT2D eigenvalue weighted by atomic mass is 9.86. The first-order valence-electron chi connectivity index (χ1n) is 7.22. The number of rotatable bonds is 2. The number of fused-ring (bicyclic) bond motifs is 1. The van der Waals surface area contributed by atoms with Crippen molar-refractivity contribution >= 4 is 5.91 Å². The molecule has 1 aromatic rings. The van der Waals surface area contributed by atoms with Crippen LogP contribution in [0.2, 0.25) is 0 Å². The molecule has 1 N–H and O–H groups in total. The third kappa shape index (κ3) is 2.29. The number of aliphatic hydroxyl groups is 1. The zero-order chi connectivity index (χ0) is 15.3. The predicted molar refractivity (Wildman–Crippen MR) is 76.4 cm³/mol. The summed E-state index contributed by atoms with van der Waals surface area (Å²) in [5.41, 5.74) is -0.291. The molecule has 1 saturated heterocycles. The molecule has 2 heterocycles. The number of hydrogen-bond donors (Lipinski definition) is 1. The Kier molecular flexibility index (Phi) is 3.20. The average molecular weight is 293 g/mol. The average Bonchev–Trinajstić information content (AvgIpc) is 3.00. The highest BCUT2D eigenvalue weighted by atomic mass is 19.1. The SMILES string of the molecule is CC1(C)COc2c(C(=O)N3CCC(F)(CO)C3)cccc21. The number of halogens is 1. The third-order valence-corrected chi connectivity index (χ3v) is 4.43. The Labute approximate surface area is 123 Å². The van der Waals surface area contributed by atoms with Crippen molar-refractivity contribution in [3.63, 3.8) is 0 Å². The molecule has 5 heteroatoms. The number of carbonyl (C=O) groups is 1. The standard InChI is InChI=1S/C16H20FNO3/c1-15(2)10-21-13-11(4-3-5-12(13)15)14(20)18-7-6-16(17,8-18)9-19/h3-5,19H,6-10H2,1-2H3. The van der Waals surface area contributed by atoms with E-state index < -0.39 is 12.3 Å². The zero-order valence-electron chi connectivity index (χ0n) is 12.4. The molecule has 0 spiro atoms. The van der Waals surface area contributed by atoms with E-state index in [9.17, 15) is 9.18 Å². The van der Waals surface area contributed by atoms with Crippen molar-refractivity contribution < 1.29 is 19.0 Å². The van der Waals surface area contributed by atoms with Crippen molar-refractivity contribution in [3.05, 3.63) is 29.3 Å². The van der Waals surface area contributed by atoms with Gasteiger partial charge in [-0.05, 0) is 6.07 Å². The van der Waals surface area contributed by atoms with Crippen LogP contribution < -0.4 is 4.74 Å². The van der Waals surface area contributed by atoms with E-state index in [1.807, 2.05) is 12.1 Å². The van der Waals surface area contributed by atoms with Crippen molar-refractivity contribution in [2.45, 2.75) is 31.4 Å². The first-order chi connectivity index (χ1) is 9.86. The van der Waals surface area contributed by atoms with E-state index in [1.54, 1.807) is 6.07 Å². The van der Waals surface area contributed by atoms with Gasteiger partial charge in [-0.2, -0.15) is 0 Å². The molecule has 1 fully saturated rings. The number of benzene rings is 1. The van der Waals surface area contributed by atoms with E-state index in [0.717, 1.165) is 5.56 Å². The minimum absolute atomic E-state index is 0.0601. The van der Waals surface area contributed by atoms with Crippen LogP contribution in [0.3, 0.4) is 0 Å². The van der Waals surface area contributed by atoms with Gasteiger partial charge in [0.1, 0.15) is 5.75 Å². The lowest BCUT2D eigenvalue weighted by Crippen LogP contribution is -2.35. The van der Waals surface area contributed by atoms with Crippen molar-refractivity contribution in [3.8, 4) is 5.75 Å². The summed E-state index contributed by atoms with van der Waals surface area (Å²) in [7, 11) is 0. The second-order valence-electron chi connectivity index (χ2n) is 6.64. The summed E-state index contributed by atoms with van der Waals surface area (Å²) in [6.45, 7) is 4.39. The Morgan fingerprint density at radius 2 is 2.24 bits per heavy atom. The summed E-state index contributed by atoms with van der Waals surface area (Å²) >= 11 is 0. The number of carbonyl (C=O) groups excluding carboxylic acids is 1. The van der Waals surface area contributed by atoms with Crippen LogP contribution in [-0.4, -0.2) is 47.9 Å². The minimum atomic E-state index is -1.67. The van der Waals surface area contributed by atoms with E-state index in [2.05, 4.69) is 13.8 Å². The summed E-state index contributed by atoms with van der Waals surface area (Å²) in [4.78, 5) is 14.1. The van der Waals surface area contributed by atoms with Crippen LogP contribution >= 0.6 is 0 Å². The van der Waals surface area contributed by atoms with E-state index in [-0.39, 0.29) is 24.3 Å². The van der Waals surface area contributed by atoms with E-state index >= 15 is 0 Å². The lowest BCUT2D eigenvalue weighted by Gasteiger charge is -2.20. The Morgan fingerprint density at radius 1 is 1.48 bits per heavy atom. The maximum absolute atomic E-state index is 14.1. The fourth-order valence-electron chi connectivity index (χ4n) is 3.03.